The van der Waals surface area contributed by atoms with Gasteiger partial charge in [-0.2, -0.15) is 0 Å². The number of hydrogen-bond acceptors (Lipinski definition) is 3. The lowest BCUT2D eigenvalue weighted by Crippen LogP contribution is -2.36. The van der Waals surface area contributed by atoms with E-state index >= 15 is 0 Å². The number of Topliss-reactive ketones (excluding diaryl/α,β-unsaturated/α-hetero) is 1. The number of benzene rings is 2. The molecule has 0 unspecified atom stereocenters. The van der Waals surface area contributed by atoms with Crippen LogP contribution in [-0.4, -0.2) is 29.2 Å². The van der Waals surface area contributed by atoms with Gasteiger partial charge in [-0.1, -0.05) is 17.7 Å². The standard InChI is InChI=1S/C20H19ClFNO3/c1-13(24)14-5-9-16(10-6-14)26-12-20(25)23(15-7-8-15)11-17-18(21)3-2-4-19(17)22/h2-6,9-10,15H,7-8,11-12H2,1H3. The Hall–Kier alpha value is -2.40. The molecule has 2 aromatic rings. The number of amides is 1. The van der Waals surface area contributed by atoms with Gasteiger partial charge in [0, 0.05) is 22.2 Å². The van der Waals surface area contributed by atoms with Crippen LogP contribution in [0.1, 0.15) is 35.7 Å². The number of nitrogens with zero attached hydrogens (tertiary/aromatic N) is 1. The average Bonchev–Trinajstić information content (AvgIpc) is 3.45. The first-order chi connectivity index (χ1) is 12.5. The summed E-state index contributed by atoms with van der Waals surface area (Å²) in [5.74, 6) is -0.170. The zero-order valence-electron chi connectivity index (χ0n) is 14.4. The largest absolute Gasteiger partial charge is 0.484 e. The summed E-state index contributed by atoms with van der Waals surface area (Å²) < 4.78 is 19.6. The van der Waals surface area contributed by atoms with E-state index in [2.05, 4.69) is 0 Å². The van der Waals surface area contributed by atoms with Gasteiger partial charge >= 0.3 is 0 Å². The average molecular weight is 376 g/mol. The summed E-state index contributed by atoms with van der Waals surface area (Å²) in [7, 11) is 0. The van der Waals surface area contributed by atoms with Crippen LogP contribution >= 0.6 is 11.6 Å². The van der Waals surface area contributed by atoms with Gasteiger partial charge in [0.25, 0.3) is 5.91 Å². The Balaban J connectivity index is 1.65. The Morgan fingerprint density at radius 3 is 2.46 bits per heavy atom. The molecule has 1 fully saturated rings. The van der Waals surface area contributed by atoms with Crippen molar-refractivity contribution in [3.63, 3.8) is 0 Å². The summed E-state index contributed by atoms with van der Waals surface area (Å²) in [6, 6.07) is 11.2. The molecular weight excluding hydrogens is 357 g/mol. The van der Waals surface area contributed by atoms with E-state index in [1.54, 1.807) is 35.2 Å². The molecule has 1 aliphatic rings. The second kappa shape index (κ2) is 7.87. The van der Waals surface area contributed by atoms with Crippen molar-refractivity contribution in [2.24, 2.45) is 0 Å². The molecule has 6 heteroatoms. The fourth-order valence-electron chi connectivity index (χ4n) is 2.67. The molecule has 0 spiro atoms. The number of halogens is 2. The van der Waals surface area contributed by atoms with Crippen molar-refractivity contribution in [2.75, 3.05) is 6.61 Å². The van der Waals surface area contributed by atoms with Gasteiger partial charge in [-0.3, -0.25) is 9.59 Å². The maximum absolute atomic E-state index is 14.0. The van der Waals surface area contributed by atoms with E-state index in [-0.39, 0.29) is 30.9 Å². The molecule has 1 saturated carbocycles. The summed E-state index contributed by atoms with van der Waals surface area (Å²) in [6.07, 6.45) is 1.79. The van der Waals surface area contributed by atoms with Gasteiger partial charge in [-0.25, -0.2) is 4.39 Å². The summed E-state index contributed by atoms with van der Waals surface area (Å²) >= 11 is 6.08. The highest BCUT2D eigenvalue weighted by molar-refractivity contribution is 6.31. The van der Waals surface area contributed by atoms with E-state index in [9.17, 15) is 14.0 Å². The first-order valence-electron chi connectivity index (χ1n) is 8.42. The van der Waals surface area contributed by atoms with Gasteiger partial charge in [-0.15, -0.1) is 0 Å². The monoisotopic (exact) mass is 375 g/mol. The minimum Gasteiger partial charge on any atom is -0.484 e. The molecule has 0 aliphatic heterocycles. The van der Waals surface area contributed by atoms with Gasteiger partial charge in [-0.05, 0) is 56.2 Å². The van der Waals surface area contributed by atoms with Crippen LogP contribution in [0.2, 0.25) is 5.02 Å². The van der Waals surface area contributed by atoms with Crippen LogP contribution in [0, 0.1) is 5.82 Å². The molecule has 0 saturated heterocycles. The number of hydrogen-bond donors (Lipinski definition) is 0. The van der Waals surface area contributed by atoms with Crippen molar-refractivity contribution in [1.29, 1.82) is 0 Å². The van der Waals surface area contributed by atoms with Crippen LogP contribution in [-0.2, 0) is 11.3 Å². The third kappa shape index (κ3) is 4.41. The molecule has 0 radical (unpaired) electrons. The van der Waals surface area contributed by atoms with Crippen LogP contribution in [0.5, 0.6) is 5.75 Å². The Bertz CT molecular complexity index is 798. The quantitative estimate of drug-likeness (QED) is 0.679. The summed E-state index contributed by atoms with van der Waals surface area (Å²) in [4.78, 5) is 25.5. The highest BCUT2D eigenvalue weighted by Crippen LogP contribution is 2.31. The predicted octanol–water partition coefficient (Wildman–Crippen LogP) is 4.25. The fraction of sp³-hybridized carbons (Fsp3) is 0.300. The molecule has 26 heavy (non-hydrogen) atoms. The van der Waals surface area contributed by atoms with Gasteiger partial charge in [0.2, 0.25) is 0 Å². The lowest BCUT2D eigenvalue weighted by Gasteiger charge is -2.23. The Morgan fingerprint density at radius 2 is 1.88 bits per heavy atom. The highest BCUT2D eigenvalue weighted by atomic mass is 35.5. The van der Waals surface area contributed by atoms with Crippen molar-refractivity contribution < 1.29 is 18.7 Å². The van der Waals surface area contributed by atoms with Crippen molar-refractivity contribution in [2.45, 2.75) is 32.4 Å². The van der Waals surface area contributed by atoms with Gasteiger partial charge < -0.3 is 9.64 Å². The van der Waals surface area contributed by atoms with E-state index in [1.165, 1.54) is 19.1 Å². The molecule has 0 bridgehead atoms. The number of ether oxygens (including phenoxy) is 1. The Labute approximate surface area is 156 Å². The molecule has 0 aromatic heterocycles. The van der Waals surface area contributed by atoms with Crippen LogP contribution in [0.4, 0.5) is 4.39 Å². The molecule has 136 valence electrons. The first-order valence-corrected chi connectivity index (χ1v) is 8.79. The number of carbonyl (C=O) groups excluding carboxylic acids is 2. The Morgan fingerprint density at radius 1 is 1.19 bits per heavy atom. The van der Waals surface area contributed by atoms with Crippen LogP contribution < -0.4 is 4.74 Å². The smallest absolute Gasteiger partial charge is 0.261 e. The molecule has 4 nitrogen and oxygen atoms in total. The van der Waals surface area contributed by atoms with Crippen LogP contribution in [0.25, 0.3) is 0 Å². The maximum atomic E-state index is 14.0. The highest BCUT2D eigenvalue weighted by Gasteiger charge is 2.33. The zero-order valence-corrected chi connectivity index (χ0v) is 15.1. The van der Waals surface area contributed by atoms with E-state index in [4.69, 9.17) is 16.3 Å². The second-order valence-electron chi connectivity index (χ2n) is 6.32. The van der Waals surface area contributed by atoms with E-state index in [0.29, 0.717) is 21.9 Å². The number of ketones is 1. The van der Waals surface area contributed by atoms with Gasteiger partial charge in [0.1, 0.15) is 11.6 Å². The minimum absolute atomic E-state index is 0.0331. The van der Waals surface area contributed by atoms with Crippen molar-refractivity contribution in [1.82, 2.24) is 4.90 Å². The predicted molar refractivity (Wildman–Crippen MR) is 96.9 cm³/mol. The second-order valence-corrected chi connectivity index (χ2v) is 6.73. The molecule has 0 N–H and O–H groups in total. The molecular formula is C20H19ClFNO3. The number of rotatable bonds is 7. The number of carbonyl (C=O) groups is 2. The minimum atomic E-state index is -0.420. The van der Waals surface area contributed by atoms with E-state index in [0.717, 1.165) is 12.8 Å². The molecule has 0 atom stereocenters. The lowest BCUT2D eigenvalue weighted by molar-refractivity contribution is -0.134. The third-order valence-electron chi connectivity index (χ3n) is 4.32. The normalized spacial score (nSPS) is 13.3. The van der Waals surface area contributed by atoms with Gasteiger partial charge in [0.05, 0.1) is 6.54 Å². The summed E-state index contributed by atoms with van der Waals surface area (Å²) in [6.45, 7) is 1.46. The molecule has 0 heterocycles. The van der Waals surface area contributed by atoms with Crippen LogP contribution in [0.15, 0.2) is 42.5 Å². The Kier molecular flexibility index (Phi) is 5.57. The zero-order chi connectivity index (χ0) is 18.7. The maximum Gasteiger partial charge on any atom is 0.261 e. The lowest BCUT2D eigenvalue weighted by atomic mass is 10.1. The third-order valence-corrected chi connectivity index (χ3v) is 4.68. The molecule has 1 amide bonds. The van der Waals surface area contributed by atoms with Crippen molar-refractivity contribution in [3.8, 4) is 5.75 Å². The summed E-state index contributed by atoms with van der Waals surface area (Å²) in [5, 5.41) is 0.309. The molecule has 2 aromatic carbocycles. The molecule has 3 rings (SSSR count). The van der Waals surface area contributed by atoms with Crippen molar-refractivity contribution >= 4 is 23.3 Å². The summed E-state index contributed by atoms with van der Waals surface area (Å²) in [5.41, 5.74) is 0.901. The topological polar surface area (TPSA) is 46.6 Å². The molecule has 1 aliphatic carbocycles. The van der Waals surface area contributed by atoms with E-state index < -0.39 is 5.82 Å². The fourth-order valence-corrected chi connectivity index (χ4v) is 2.90. The van der Waals surface area contributed by atoms with Crippen molar-refractivity contribution in [3.05, 3.63) is 64.4 Å². The van der Waals surface area contributed by atoms with Crippen LogP contribution in [0.3, 0.4) is 0 Å². The van der Waals surface area contributed by atoms with E-state index in [1.807, 2.05) is 0 Å². The SMILES string of the molecule is CC(=O)c1ccc(OCC(=O)N(Cc2c(F)cccc2Cl)C2CC2)cc1. The van der Waals surface area contributed by atoms with Gasteiger partial charge in [0.15, 0.2) is 12.4 Å². The first kappa shape index (κ1) is 18.4.